The minimum atomic E-state index is -0.339. The summed E-state index contributed by atoms with van der Waals surface area (Å²) in [7, 11) is 1.59. The molecule has 1 saturated heterocycles. The Hall–Kier alpha value is -1.62. The van der Waals surface area contributed by atoms with Gasteiger partial charge in [0, 0.05) is 0 Å². The second kappa shape index (κ2) is 6.52. The molecular weight excluding hydrogens is 270 g/mol. The van der Waals surface area contributed by atoms with Crippen molar-refractivity contribution in [3.63, 3.8) is 0 Å². The molecule has 5 nitrogen and oxygen atoms in total. The van der Waals surface area contributed by atoms with E-state index >= 15 is 0 Å². The van der Waals surface area contributed by atoms with Crippen molar-refractivity contribution in [1.82, 2.24) is 4.90 Å². The van der Waals surface area contributed by atoms with Gasteiger partial charge in [0.25, 0.3) is 0 Å². The third kappa shape index (κ3) is 3.44. The SMILES string of the molecule is COc1ccccc1OCCN1C[C@@H](CCl)OC1=O. The molecule has 1 aliphatic heterocycles. The van der Waals surface area contributed by atoms with Crippen molar-refractivity contribution < 1.29 is 19.0 Å². The molecule has 1 aliphatic rings. The van der Waals surface area contributed by atoms with Crippen LogP contribution >= 0.6 is 11.6 Å². The van der Waals surface area contributed by atoms with Gasteiger partial charge in [0.1, 0.15) is 12.7 Å². The zero-order valence-electron chi connectivity index (χ0n) is 10.7. The van der Waals surface area contributed by atoms with Crippen molar-refractivity contribution in [1.29, 1.82) is 0 Å². The van der Waals surface area contributed by atoms with Crippen LogP contribution in [0.15, 0.2) is 24.3 Å². The Morgan fingerprint density at radius 1 is 1.42 bits per heavy atom. The van der Waals surface area contributed by atoms with E-state index in [-0.39, 0.29) is 12.2 Å². The highest BCUT2D eigenvalue weighted by molar-refractivity contribution is 6.18. The van der Waals surface area contributed by atoms with Crippen LogP contribution in [-0.4, -0.2) is 49.8 Å². The van der Waals surface area contributed by atoms with Gasteiger partial charge in [-0.05, 0) is 12.1 Å². The Labute approximate surface area is 117 Å². The number of carbonyl (C=O) groups excluding carboxylic acids is 1. The maximum absolute atomic E-state index is 11.5. The second-order valence-corrected chi connectivity index (χ2v) is 4.41. The van der Waals surface area contributed by atoms with Gasteiger partial charge >= 0.3 is 6.09 Å². The normalized spacial score (nSPS) is 18.3. The highest BCUT2D eigenvalue weighted by Gasteiger charge is 2.30. The first-order valence-corrected chi connectivity index (χ1v) is 6.55. The van der Waals surface area contributed by atoms with Crippen LogP contribution in [0.25, 0.3) is 0 Å². The average Bonchev–Trinajstić information content (AvgIpc) is 2.80. The van der Waals surface area contributed by atoms with Gasteiger partial charge in [-0.25, -0.2) is 4.79 Å². The number of amides is 1. The van der Waals surface area contributed by atoms with E-state index in [1.54, 1.807) is 12.0 Å². The van der Waals surface area contributed by atoms with E-state index in [1.165, 1.54) is 0 Å². The average molecular weight is 286 g/mol. The number of halogens is 1. The molecule has 0 bridgehead atoms. The molecule has 1 amide bonds. The molecule has 1 atom stereocenters. The van der Waals surface area contributed by atoms with Gasteiger partial charge in [0.05, 0.1) is 26.1 Å². The molecule has 104 valence electrons. The number of hydrogen-bond donors (Lipinski definition) is 0. The number of carbonyl (C=O) groups is 1. The largest absolute Gasteiger partial charge is 0.493 e. The summed E-state index contributed by atoms with van der Waals surface area (Å²) in [4.78, 5) is 13.1. The van der Waals surface area contributed by atoms with E-state index in [0.29, 0.717) is 37.1 Å². The van der Waals surface area contributed by atoms with Crippen LogP contribution in [0.2, 0.25) is 0 Å². The van der Waals surface area contributed by atoms with Crippen LogP contribution in [0.4, 0.5) is 4.79 Å². The first-order valence-electron chi connectivity index (χ1n) is 6.02. The van der Waals surface area contributed by atoms with Crippen LogP contribution in [-0.2, 0) is 4.74 Å². The van der Waals surface area contributed by atoms with E-state index in [0.717, 1.165) is 0 Å². The van der Waals surface area contributed by atoms with Crippen LogP contribution in [0, 0.1) is 0 Å². The van der Waals surface area contributed by atoms with Crippen LogP contribution in [0.3, 0.4) is 0 Å². The third-order valence-corrected chi connectivity index (χ3v) is 3.15. The number of cyclic esters (lactones) is 1. The highest BCUT2D eigenvalue weighted by Crippen LogP contribution is 2.25. The summed E-state index contributed by atoms with van der Waals surface area (Å²) in [6, 6.07) is 7.38. The molecule has 19 heavy (non-hydrogen) atoms. The van der Waals surface area contributed by atoms with Gasteiger partial charge in [-0.15, -0.1) is 11.6 Å². The van der Waals surface area contributed by atoms with Crippen molar-refractivity contribution in [2.45, 2.75) is 6.10 Å². The summed E-state index contributed by atoms with van der Waals surface area (Å²) >= 11 is 5.66. The molecule has 1 aromatic carbocycles. The first-order chi connectivity index (χ1) is 9.24. The van der Waals surface area contributed by atoms with Crippen molar-refractivity contribution >= 4 is 17.7 Å². The summed E-state index contributed by atoms with van der Waals surface area (Å²) in [5.74, 6) is 1.65. The Morgan fingerprint density at radius 2 is 2.16 bits per heavy atom. The number of ether oxygens (including phenoxy) is 3. The predicted octanol–water partition coefficient (Wildman–Crippen LogP) is 2.13. The van der Waals surface area contributed by atoms with E-state index in [9.17, 15) is 4.79 Å². The topological polar surface area (TPSA) is 48.0 Å². The number of para-hydroxylation sites is 2. The van der Waals surface area contributed by atoms with Crippen molar-refractivity contribution in [3.05, 3.63) is 24.3 Å². The fourth-order valence-corrected chi connectivity index (χ4v) is 2.00. The van der Waals surface area contributed by atoms with E-state index in [1.807, 2.05) is 24.3 Å². The van der Waals surface area contributed by atoms with E-state index in [2.05, 4.69) is 0 Å². The smallest absolute Gasteiger partial charge is 0.410 e. The summed E-state index contributed by atoms with van der Waals surface area (Å²) in [5.41, 5.74) is 0. The Morgan fingerprint density at radius 3 is 2.79 bits per heavy atom. The molecule has 0 N–H and O–H groups in total. The van der Waals surface area contributed by atoms with Crippen LogP contribution < -0.4 is 9.47 Å². The molecule has 0 spiro atoms. The Kier molecular flexibility index (Phi) is 4.74. The predicted molar refractivity (Wildman–Crippen MR) is 71.1 cm³/mol. The number of benzene rings is 1. The molecule has 1 heterocycles. The lowest BCUT2D eigenvalue weighted by Crippen LogP contribution is -2.30. The highest BCUT2D eigenvalue weighted by atomic mass is 35.5. The number of rotatable bonds is 6. The molecular formula is C13H16ClNO4. The molecule has 0 aromatic heterocycles. The molecule has 2 rings (SSSR count). The third-order valence-electron chi connectivity index (χ3n) is 2.81. The van der Waals surface area contributed by atoms with Gasteiger partial charge in [0.2, 0.25) is 0 Å². The quantitative estimate of drug-likeness (QED) is 0.751. The lowest BCUT2D eigenvalue weighted by atomic mass is 10.3. The Balaban J connectivity index is 1.82. The minimum absolute atomic E-state index is 0.222. The van der Waals surface area contributed by atoms with Gasteiger partial charge in [-0.1, -0.05) is 12.1 Å². The standard InChI is InChI=1S/C13H16ClNO4/c1-17-11-4-2-3-5-12(11)18-7-6-15-9-10(8-14)19-13(15)16/h2-5,10H,6-9H2,1H3/t10-/m1/s1. The second-order valence-electron chi connectivity index (χ2n) is 4.11. The summed E-state index contributed by atoms with van der Waals surface area (Å²) in [5, 5.41) is 0. The van der Waals surface area contributed by atoms with Crippen molar-refractivity contribution in [3.8, 4) is 11.5 Å². The van der Waals surface area contributed by atoms with E-state index in [4.69, 9.17) is 25.8 Å². The van der Waals surface area contributed by atoms with Crippen molar-refractivity contribution in [2.24, 2.45) is 0 Å². The molecule has 0 radical (unpaired) electrons. The van der Waals surface area contributed by atoms with Gasteiger partial charge in [0.15, 0.2) is 11.5 Å². The van der Waals surface area contributed by atoms with Gasteiger partial charge in [-0.2, -0.15) is 0 Å². The van der Waals surface area contributed by atoms with Gasteiger partial charge in [-0.3, -0.25) is 0 Å². The minimum Gasteiger partial charge on any atom is -0.493 e. The maximum Gasteiger partial charge on any atom is 0.410 e. The summed E-state index contributed by atoms with van der Waals surface area (Å²) < 4.78 is 15.8. The molecule has 1 fully saturated rings. The lowest BCUT2D eigenvalue weighted by Gasteiger charge is -2.14. The lowest BCUT2D eigenvalue weighted by molar-refractivity contribution is 0.136. The molecule has 0 unspecified atom stereocenters. The summed E-state index contributed by atoms with van der Waals surface area (Å²) in [6.07, 6.45) is -0.560. The molecule has 0 saturated carbocycles. The molecule has 0 aliphatic carbocycles. The zero-order valence-corrected chi connectivity index (χ0v) is 11.4. The number of methoxy groups -OCH3 is 1. The number of hydrogen-bond acceptors (Lipinski definition) is 4. The fraction of sp³-hybridized carbons (Fsp3) is 0.462. The fourth-order valence-electron chi connectivity index (χ4n) is 1.84. The van der Waals surface area contributed by atoms with Crippen LogP contribution in [0.5, 0.6) is 11.5 Å². The first kappa shape index (κ1) is 13.8. The monoisotopic (exact) mass is 285 g/mol. The Bertz CT molecular complexity index is 440. The zero-order chi connectivity index (χ0) is 13.7. The van der Waals surface area contributed by atoms with Gasteiger partial charge < -0.3 is 19.1 Å². The molecule has 6 heteroatoms. The number of nitrogens with zero attached hydrogens (tertiary/aromatic N) is 1. The van der Waals surface area contributed by atoms with E-state index < -0.39 is 0 Å². The van der Waals surface area contributed by atoms with Crippen molar-refractivity contribution in [2.75, 3.05) is 32.7 Å². The maximum atomic E-state index is 11.5. The van der Waals surface area contributed by atoms with Crippen LogP contribution in [0.1, 0.15) is 0 Å². The summed E-state index contributed by atoms with van der Waals surface area (Å²) in [6.45, 7) is 1.35. The number of alkyl halides is 1. The molecule has 1 aromatic rings.